The number of carbonyl (C=O) groups excluding carboxylic acids is 1. The first-order chi connectivity index (χ1) is 9.70. The number of fused-ring (bicyclic) bond motifs is 1. The number of carbonyl (C=O) groups is 1. The van der Waals surface area contributed by atoms with Crippen LogP contribution in [0.1, 0.15) is 28.0 Å². The van der Waals surface area contributed by atoms with Crippen molar-refractivity contribution < 1.29 is 14.3 Å². The zero-order valence-corrected chi connectivity index (χ0v) is 10.8. The Bertz CT molecular complexity index is 638. The summed E-state index contributed by atoms with van der Waals surface area (Å²) in [4.78, 5) is 18.2. The van der Waals surface area contributed by atoms with Gasteiger partial charge in [0.05, 0.1) is 6.61 Å². The Balaban J connectivity index is 1.85. The Kier molecular flexibility index (Phi) is 3.25. The Morgan fingerprint density at radius 3 is 3.10 bits per heavy atom. The van der Waals surface area contributed by atoms with E-state index in [1.165, 1.54) is 6.26 Å². The standard InChI is InChI=1S/C14H15N3O3/c15-10(7-18)13-16-11(8-20-13)14(19)17-6-5-9-3-1-2-4-12(9)17/h1-4,8,10,18H,5-7,15H2. The molecule has 1 aromatic heterocycles. The van der Waals surface area contributed by atoms with Crippen LogP contribution in [0.2, 0.25) is 0 Å². The molecule has 6 nitrogen and oxygen atoms in total. The average molecular weight is 273 g/mol. The molecule has 1 unspecified atom stereocenters. The number of nitrogens with zero attached hydrogens (tertiary/aromatic N) is 2. The fraction of sp³-hybridized carbons (Fsp3) is 0.286. The van der Waals surface area contributed by atoms with E-state index in [0.29, 0.717) is 6.54 Å². The first kappa shape index (κ1) is 12.8. The maximum atomic E-state index is 12.4. The zero-order valence-electron chi connectivity index (χ0n) is 10.8. The van der Waals surface area contributed by atoms with E-state index in [-0.39, 0.29) is 24.1 Å². The number of nitrogens with two attached hydrogens (primary N) is 1. The van der Waals surface area contributed by atoms with E-state index >= 15 is 0 Å². The Morgan fingerprint density at radius 2 is 2.30 bits per heavy atom. The molecule has 1 aliphatic rings. The maximum absolute atomic E-state index is 12.4. The molecule has 0 bridgehead atoms. The van der Waals surface area contributed by atoms with Crippen LogP contribution in [-0.4, -0.2) is 29.1 Å². The lowest BCUT2D eigenvalue weighted by Gasteiger charge is -2.15. The number of hydrogen-bond donors (Lipinski definition) is 2. The summed E-state index contributed by atoms with van der Waals surface area (Å²) in [6.45, 7) is 0.354. The molecule has 0 spiro atoms. The van der Waals surface area contributed by atoms with Crippen molar-refractivity contribution in [2.75, 3.05) is 18.1 Å². The number of hydrogen-bond acceptors (Lipinski definition) is 5. The number of rotatable bonds is 3. The molecule has 20 heavy (non-hydrogen) atoms. The van der Waals surface area contributed by atoms with E-state index in [9.17, 15) is 4.79 Å². The van der Waals surface area contributed by atoms with E-state index in [1.54, 1.807) is 4.90 Å². The molecule has 104 valence electrons. The minimum Gasteiger partial charge on any atom is -0.446 e. The van der Waals surface area contributed by atoms with Crippen LogP contribution in [0.15, 0.2) is 34.9 Å². The number of benzene rings is 1. The van der Waals surface area contributed by atoms with E-state index in [0.717, 1.165) is 17.7 Å². The highest BCUT2D eigenvalue weighted by Crippen LogP contribution is 2.28. The number of aromatic nitrogens is 1. The first-order valence-electron chi connectivity index (χ1n) is 6.42. The molecular weight excluding hydrogens is 258 g/mol. The van der Waals surface area contributed by atoms with Crippen LogP contribution >= 0.6 is 0 Å². The lowest BCUT2D eigenvalue weighted by Crippen LogP contribution is -2.29. The van der Waals surface area contributed by atoms with Crippen LogP contribution in [0.4, 0.5) is 5.69 Å². The summed E-state index contributed by atoms with van der Waals surface area (Å²) in [5.41, 5.74) is 7.88. The van der Waals surface area contributed by atoms with Gasteiger partial charge in [-0.1, -0.05) is 18.2 Å². The zero-order chi connectivity index (χ0) is 14.1. The second-order valence-corrected chi connectivity index (χ2v) is 4.70. The number of para-hydroxylation sites is 1. The van der Waals surface area contributed by atoms with Gasteiger partial charge in [0.1, 0.15) is 12.3 Å². The summed E-state index contributed by atoms with van der Waals surface area (Å²) >= 11 is 0. The summed E-state index contributed by atoms with van der Waals surface area (Å²) in [6.07, 6.45) is 2.12. The predicted octanol–water partition coefficient (Wildman–Crippen LogP) is 0.870. The number of amides is 1. The van der Waals surface area contributed by atoms with Gasteiger partial charge in [0, 0.05) is 12.2 Å². The third kappa shape index (κ3) is 2.09. The summed E-state index contributed by atoms with van der Waals surface area (Å²) in [5.74, 6) is -0.0431. The van der Waals surface area contributed by atoms with Gasteiger partial charge in [-0.2, -0.15) is 0 Å². The molecule has 3 rings (SSSR count). The van der Waals surface area contributed by atoms with E-state index in [2.05, 4.69) is 4.98 Å². The molecule has 1 aromatic carbocycles. The van der Waals surface area contributed by atoms with Gasteiger partial charge in [-0.05, 0) is 18.1 Å². The summed E-state index contributed by atoms with van der Waals surface area (Å²) in [6, 6.07) is 7.09. The molecule has 1 atom stereocenters. The van der Waals surface area contributed by atoms with Crippen LogP contribution in [0.3, 0.4) is 0 Å². The Hall–Kier alpha value is -2.18. The minimum atomic E-state index is -0.706. The minimum absolute atomic E-state index is 0.170. The lowest BCUT2D eigenvalue weighted by atomic mass is 10.2. The van der Waals surface area contributed by atoms with Crippen molar-refractivity contribution in [1.29, 1.82) is 0 Å². The van der Waals surface area contributed by atoms with Gasteiger partial charge in [0.25, 0.3) is 5.91 Å². The summed E-state index contributed by atoms with van der Waals surface area (Å²) in [7, 11) is 0. The van der Waals surface area contributed by atoms with Gasteiger partial charge < -0.3 is 20.2 Å². The topological polar surface area (TPSA) is 92.6 Å². The highest BCUT2D eigenvalue weighted by atomic mass is 16.3. The number of aliphatic hydroxyl groups excluding tert-OH is 1. The largest absolute Gasteiger partial charge is 0.446 e. The molecule has 3 N–H and O–H groups in total. The van der Waals surface area contributed by atoms with Gasteiger partial charge in [-0.3, -0.25) is 4.79 Å². The molecule has 0 fully saturated rings. The van der Waals surface area contributed by atoms with Gasteiger partial charge in [0.15, 0.2) is 5.69 Å². The Labute approximate surface area is 115 Å². The molecule has 2 heterocycles. The summed E-state index contributed by atoms with van der Waals surface area (Å²) in [5, 5.41) is 8.96. The van der Waals surface area contributed by atoms with Crippen molar-refractivity contribution >= 4 is 11.6 Å². The van der Waals surface area contributed by atoms with Crippen molar-refractivity contribution in [2.45, 2.75) is 12.5 Å². The smallest absolute Gasteiger partial charge is 0.280 e. The van der Waals surface area contributed by atoms with Crippen LogP contribution in [0.5, 0.6) is 0 Å². The molecular formula is C14H15N3O3. The number of oxazole rings is 1. The third-order valence-electron chi connectivity index (χ3n) is 3.39. The molecule has 0 aliphatic carbocycles. The van der Waals surface area contributed by atoms with E-state index < -0.39 is 6.04 Å². The number of aliphatic hydroxyl groups is 1. The first-order valence-corrected chi connectivity index (χ1v) is 6.42. The molecule has 0 radical (unpaired) electrons. The molecule has 6 heteroatoms. The quantitative estimate of drug-likeness (QED) is 0.865. The van der Waals surface area contributed by atoms with Gasteiger partial charge in [0.2, 0.25) is 5.89 Å². The lowest BCUT2D eigenvalue weighted by molar-refractivity contribution is 0.0984. The van der Waals surface area contributed by atoms with Crippen molar-refractivity contribution in [3.63, 3.8) is 0 Å². The third-order valence-corrected chi connectivity index (χ3v) is 3.39. The van der Waals surface area contributed by atoms with Crippen LogP contribution < -0.4 is 10.6 Å². The normalized spacial score (nSPS) is 15.2. The fourth-order valence-corrected chi connectivity index (χ4v) is 2.32. The van der Waals surface area contributed by atoms with E-state index in [4.69, 9.17) is 15.3 Å². The molecule has 0 saturated heterocycles. The highest BCUT2D eigenvalue weighted by molar-refractivity contribution is 6.05. The number of anilines is 1. The van der Waals surface area contributed by atoms with Gasteiger partial charge in [-0.25, -0.2) is 4.98 Å². The van der Waals surface area contributed by atoms with Gasteiger partial charge >= 0.3 is 0 Å². The van der Waals surface area contributed by atoms with Crippen LogP contribution in [0, 0.1) is 0 Å². The van der Waals surface area contributed by atoms with Crippen molar-refractivity contribution in [2.24, 2.45) is 5.73 Å². The molecule has 2 aromatic rings. The molecule has 1 amide bonds. The second kappa shape index (κ2) is 5.07. The van der Waals surface area contributed by atoms with Crippen LogP contribution in [-0.2, 0) is 6.42 Å². The van der Waals surface area contributed by atoms with E-state index in [1.807, 2.05) is 24.3 Å². The van der Waals surface area contributed by atoms with Crippen molar-refractivity contribution in [3.8, 4) is 0 Å². The Morgan fingerprint density at radius 1 is 1.50 bits per heavy atom. The molecule has 1 aliphatic heterocycles. The second-order valence-electron chi connectivity index (χ2n) is 4.70. The average Bonchev–Trinajstić information content (AvgIpc) is 3.12. The highest BCUT2D eigenvalue weighted by Gasteiger charge is 2.27. The molecule has 0 saturated carbocycles. The predicted molar refractivity (Wildman–Crippen MR) is 72.3 cm³/mol. The monoisotopic (exact) mass is 273 g/mol. The van der Waals surface area contributed by atoms with Crippen LogP contribution in [0.25, 0.3) is 0 Å². The fourth-order valence-electron chi connectivity index (χ4n) is 2.32. The van der Waals surface area contributed by atoms with Crippen molar-refractivity contribution in [3.05, 3.63) is 47.7 Å². The van der Waals surface area contributed by atoms with Crippen molar-refractivity contribution in [1.82, 2.24) is 4.98 Å². The van der Waals surface area contributed by atoms with Gasteiger partial charge in [-0.15, -0.1) is 0 Å². The summed E-state index contributed by atoms with van der Waals surface area (Å²) < 4.78 is 5.14. The SMILES string of the molecule is NC(CO)c1nc(C(=O)N2CCc3ccccc32)co1. The maximum Gasteiger partial charge on any atom is 0.280 e.